The van der Waals surface area contributed by atoms with Crippen molar-refractivity contribution in [3.05, 3.63) is 33.2 Å². The number of hydrogen-bond donors (Lipinski definition) is 3. The summed E-state index contributed by atoms with van der Waals surface area (Å²) in [5.41, 5.74) is -2.85. The number of carboxylic acids is 2. The number of carboxylic acid groups (broad SMARTS) is 2. The number of nitrogens with one attached hydrogen (secondary N) is 1. The molecule has 0 unspecified atom stereocenters. The molecule has 0 atom stereocenters. The molecule has 0 aliphatic carbocycles. The Morgan fingerprint density at radius 1 is 1.33 bits per heavy atom. The van der Waals surface area contributed by atoms with E-state index in [1.165, 1.54) is 6.07 Å². The minimum absolute atomic E-state index is 0.573. The lowest BCUT2D eigenvalue weighted by molar-refractivity contribution is 0.0690. The van der Waals surface area contributed by atoms with Crippen molar-refractivity contribution in [3.8, 4) is 6.07 Å². The molecule has 0 aliphatic rings. The van der Waals surface area contributed by atoms with Crippen LogP contribution in [0.25, 0.3) is 0 Å². The van der Waals surface area contributed by atoms with Gasteiger partial charge in [-0.05, 0) is 6.07 Å². The summed E-state index contributed by atoms with van der Waals surface area (Å²) in [5.74, 6) is -3.00. The second-order valence-corrected chi connectivity index (χ2v) is 2.52. The molecule has 0 aliphatic heterocycles. The van der Waals surface area contributed by atoms with E-state index >= 15 is 0 Å². The number of nitriles is 1. The number of H-pyrrole nitrogens is 1. The Balaban J connectivity index is 3.62. The average Bonchev–Trinajstić information content (AvgIpc) is 2.16. The van der Waals surface area contributed by atoms with Crippen molar-refractivity contribution in [1.82, 2.24) is 4.98 Å². The first-order chi connectivity index (χ1) is 6.97. The van der Waals surface area contributed by atoms with Gasteiger partial charge in [0.05, 0.1) is 5.56 Å². The van der Waals surface area contributed by atoms with Crippen molar-refractivity contribution >= 4 is 11.9 Å². The Kier molecular flexibility index (Phi) is 2.53. The summed E-state index contributed by atoms with van der Waals surface area (Å²) in [5, 5.41) is 25.7. The molecule has 1 rings (SSSR count). The summed E-state index contributed by atoms with van der Waals surface area (Å²) in [6, 6.07) is 2.12. The highest BCUT2D eigenvalue weighted by Crippen LogP contribution is 2.04. The molecule has 0 fully saturated rings. The van der Waals surface area contributed by atoms with E-state index < -0.39 is 34.3 Å². The fourth-order valence-corrected chi connectivity index (χ4v) is 0.955. The lowest BCUT2D eigenvalue weighted by atomic mass is 10.1. The van der Waals surface area contributed by atoms with Crippen LogP contribution in [0, 0.1) is 11.3 Å². The van der Waals surface area contributed by atoms with Crippen molar-refractivity contribution in [3.63, 3.8) is 0 Å². The van der Waals surface area contributed by atoms with Gasteiger partial charge in [-0.25, -0.2) is 9.59 Å². The highest BCUT2D eigenvalue weighted by Gasteiger charge is 2.17. The summed E-state index contributed by atoms with van der Waals surface area (Å²) in [4.78, 5) is 34.1. The summed E-state index contributed by atoms with van der Waals surface area (Å²) < 4.78 is 0. The summed E-state index contributed by atoms with van der Waals surface area (Å²) in [6.07, 6.45) is 0. The topological polar surface area (TPSA) is 131 Å². The van der Waals surface area contributed by atoms with Gasteiger partial charge in [0.1, 0.15) is 17.3 Å². The van der Waals surface area contributed by atoms with E-state index in [4.69, 9.17) is 15.5 Å². The zero-order valence-electron chi connectivity index (χ0n) is 7.14. The molecule has 0 bridgehead atoms. The maximum atomic E-state index is 11.1. The number of aromatic nitrogens is 1. The second-order valence-electron chi connectivity index (χ2n) is 2.52. The molecule has 1 aromatic rings. The van der Waals surface area contributed by atoms with E-state index in [1.807, 2.05) is 4.98 Å². The Labute approximate surface area is 82.2 Å². The van der Waals surface area contributed by atoms with E-state index in [0.29, 0.717) is 0 Å². The quantitative estimate of drug-likeness (QED) is 0.608. The third-order valence-corrected chi connectivity index (χ3v) is 1.61. The third-order valence-electron chi connectivity index (χ3n) is 1.61. The first-order valence-corrected chi connectivity index (χ1v) is 3.61. The molecular formula is C8H4N2O5. The van der Waals surface area contributed by atoms with Gasteiger partial charge < -0.3 is 15.2 Å². The first-order valence-electron chi connectivity index (χ1n) is 3.61. The molecule has 0 amide bonds. The number of aromatic amines is 1. The maximum Gasteiger partial charge on any atom is 0.352 e. The van der Waals surface area contributed by atoms with Gasteiger partial charge in [-0.2, -0.15) is 5.26 Å². The van der Waals surface area contributed by atoms with Gasteiger partial charge in [-0.15, -0.1) is 0 Å². The van der Waals surface area contributed by atoms with E-state index in [0.717, 1.165) is 6.07 Å². The Morgan fingerprint density at radius 2 is 1.93 bits per heavy atom. The van der Waals surface area contributed by atoms with E-state index in [-0.39, 0.29) is 0 Å². The van der Waals surface area contributed by atoms with Crippen LogP contribution in [0.5, 0.6) is 0 Å². The van der Waals surface area contributed by atoms with Gasteiger partial charge in [-0.3, -0.25) is 4.79 Å². The zero-order valence-corrected chi connectivity index (χ0v) is 7.14. The van der Waals surface area contributed by atoms with Crippen molar-refractivity contribution in [2.45, 2.75) is 0 Å². The molecule has 76 valence electrons. The lowest BCUT2D eigenvalue weighted by Crippen LogP contribution is -2.20. The number of aromatic carboxylic acids is 2. The normalized spacial score (nSPS) is 9.27. The van der Waals surface area contributed by atoms with E-state index in [1.54, 1.807) is 0 Å². The molecule has 1 heterocycles. The van der Waals surface area contributed by atoms with Gasteiger partial charge in [-0.1, -0.05) is 0 Å². The molecular weight excluding hydrogens is 204 g/mol. The SMILES string of the molecule is N#Cc1c(C(=O)O)cc(C(=O)O)[nH]c1=O. The molecule has 0 saturated heterocycles. The second kappa shape index (κ2) is 3.63. The highest BCUT2D eigenvalue weighted by atomic mass is 16.4. The predicted molar refractivity (Wildman–Crippen MR) is 45.7 cm³/mol. The highest BCUT2D eigenvalue weighted by molar-refractivity contribution is 5.94. The number of carbonyl (C=O) groups is 2. The molecule has 0 radical (unpaired) electrons. The van der Waals surface area contributed by atoms with E-state index in [2.05, 4.69) is 0 Å². The van der Waals surface area contributed by atoms with Crippen molar-refractivity contribution < 1.29 is 19.8 Å². The van der Waals surface area contributed by atoms with Crippen LogP contribution >= 0.6 is 0 Å². The van der Waals surface area contributed by atoms with Gasteiger partial charge in [0.2, 0.25) is 0 Å². The summed E-state index contributed by atoms with van der Waals surface area (Å²) in [6.45, 7) is 0. The third kappa shape index (κ3) is 1.83. The van der Waals surface area contributed by atoms with Crippen LogP contribution in [0.1, 0.15) is 26.4 Å². The van der Waals surface area contributed by atoms with Gasteiger partial charge >= 0.3 is 11.9 Å². The predicted octanol–water partition coefficient (Wildman–Crippen LogP) is -0.357. The maximum absolute atomic E-state index is 11.1. The average molecular weight is 208 g/mol. The van der Waals surface area contributed by atoms with Gasteiger partial charge in [0.15, 0.2) is 0 Å². The summed E-state index contributed by atoms with van der Waals surface area (Å²) in [7, 11) is 0. The van der Waals surface area contributed by atoms with Crippen LogP contribution < -0.4 is 5.56 Å². The number of pyridine rings is 1. The van der Waals surface area contributed by atoms with E-state index in [9.17, 15) is 14.4 Å². The lowest BCUT2D eigenvalue weighted by Gasteiger charge is -1.99. The zero-order chi connectivity index (χ0) is 11.6. The van der Waals surface area contributed by atoms with Crippen molar-refractivity contribution in [2.75, 3.05) is 0 Å². The minimum atomic E-state index is -1.53. The van der Waals surface area contributed by atoms with Crippen LogP contribution in [-0.2, 0) is 0 Å². The molecule has 3 N–H and O–H groups in total. The Morgan fingerprint density at radius 3 is 2.33 bits per heavy atom. The number of rotatable bonds is 2. The molecule has 7 heteroatoms. The Hall–Kier alpha value is -2.62. The molecule has 0 saturated carbocycles. The van der Waals surface area contributed by atoms with Crippen molar-refractivity contribution in [2.24, 2.45) is 0 Å². The van der Waals surface area contributed by atoms with Crippen LogP contribution in [0.4, 0.5) is 0 Å². The number of hydrogen-bond acceptors (Lipinski definition) is 4. The van der Waals surface area contributed by atoms with Gasteiger partial charge in [0, 0.05) is 0 Å². The first kappa shape index (κ1) is 10.5. The monoisotopic (exact) mass is 208 g/mol. The molecule has 7 nitrogen and oxygen atoms in total. The Bertz CT molecular complexity index is 537. The van der Waals surface area contributed by atoms with Gasteiger partial charge in [0.25, 0.3) is 5.56 Å². The standard InChI is InChI=1S/C8H4N2O5/c9-2-4-3(7(12)13)1-5(8(14)15)10-6(4)11/h1H,(H,10,11)(H,12,13)(H,14,15). The summed E-state index contributed by atoms with van der Waals surface area (Å²) >= 11 is 0. The molecule has 1 aromatic heterocycles. The fourth-order valence-electron chi connectivity index (χ4n) is 0.955. The molecule has 15 heavy (non-hydrogen) atoms. The van der Waals surface area contributed by atoms with Crippen LogP contribution in [0.3, 0.4) is 0 Å². The minimum Gasteiger partial charge on any atom is -0.478 e. The largest absolute Gasteiger partial charge is 0.478 e. The van der Waals surface area contributed by atoms with Crippen LogP contribution in [-0.4, -0.2) is 27.1 Å². The fraction of sp³-hybridized carbons (Fsp3) is 0. The molecule has 0 spiro atoms. The number of nitrogens with zero attached hydrogens (tertiary/aromatic N) is 1. The van der Waals surface area contributed by atoms with Crippen LogP contribution in [0.15, 0.2) is 10.9 Å². The smallest absolute Gasteiger partial charge is 0.352 e. The van der Waals surface area contributed by atoms with Crippen LogP contribution in [0.2, 0.25) is 0 Å². The van der Waals surface area contributed by atoms with Crippen molar-refractivity contribution in [1.29, 1.82) is 5.26 Å². The molecule has 0 aromatic carbocycles.